The number of carbonyl (C=O) groups is 2. The Bertz CT molecular complexity index is 576. The van der Waals surface area contributed by atoms with Crippen LogP contribution in [-0.2, 0) is 9.47 Å². The van der Waals surface area contributed by atoms with Crippen molar-refractivity contribution in [1.82, 2.24) is 5.32 Å². The number of alkyl carbamates (subject to hydrolysis) is 1. The average Bonchev–Trinajstić information content (AvgIpc) is 3.23. The minimum atomic E-state index is -0.722. The number of benzene rings is 1. The van der Waals surface area contributed by atoms with Crippen molar-refractivity contribution in [2.24, 2.45) is 0 Å². The predicted octanol–water partition coefficient (Wildman–Crippen LogP) is 3.99. The molecule has 0 heterocycles. The lowest BCUT2D eigenvalue weighted by atomic mass is 10.1. The zero-order valence-electron chi connectivity index (χ0n) is 14.6. The van der Waals surface area contributed by atoms with E-state index in [1.165, 1.54) is 0 Å². The molecule has 1 fully saturated rings. The number of rotatable bonds is 5. The zero-order valence-corrected chi connectivity index (χ0v) is 14.6. The first kappa shape index (κ1) is 18.1. The van der Waals surface area contributed by atoms with Crippen LogP contribution in [0, 0.1) is 0 Å². The van der Waals surface area contributed by atoms with E-state index in [1.54, 1.807) is 32.9 Å². The third kappa shape index (κ3) is 5.76. The molecule has 132 valence electrons. The van der Waals surface area contributed by atoms with Crippen molar-refractivity contribution in [3.63, 3.8) is 0 Å². The molecule has 1 amide bonds. The Morgan fingerprint density at radius 2 is 1.88 bits per heavy atom. The van der Waals surface area contributed by atoms with Crippen LogP contribution in [0.2, 0.25) is 0 Å². The third-order valence-electron chi connectivity index (χ3n) is 3.43. The van der Waals surface area contributed by atoms with E-state index in [9.17, 15) is 9.59 Å². The second-order valence-electron chi connectivity index (χ2n) is 6.86. The standard InChI is InChI=1S/C18H25NO5/c1-5-10-22-16(20)19-15-11-14(15)12-6-8-13(9-7-12)23-17(21)24-18(2,3)4/h6-9,14-15H,5,10-11H2,1-4H3,(H,19,20)/t14-,15+/m0/s1. The number of carbonyl (C=O) groups excluding carboxylic acids is 2. The molecular weight excluding hydrogens is 310 g/mol. The molecular formula is C18H25NO5. The van der Waals surface area contributed by atoms with E-state index in [1.807, 2.05) is 19.1 Å². The van der Waals surface area contributed by atoms with Gasteiger partial charge >= 0.3 is 12.2 Å². The van der Waals surface area contributed by atoms with Crippen LogP contribution in [0.15, 0.2) is 24.3 Å². The lowest BCUT2D eigenvalue weighted by Crippen LogP contribution is -2.27. The Hall–Kier alpha value is -2.24. The molecule has 0 aromatic heterocycles. The summed E-state index contributed by atoms with van der Waals surface area (Å²) < 4.78 is 15.2. The normalized spacial score (nSPS) is 19.3. The van der Waals surface area contributed by atoms with Crippen molar-refractivity contribution in [3.05, 3.63) is 29.8 Å². The molecule has 0 bridgehead atoms. The van der Waals surface area contributed by atoms with E-state index >= 15 is 0 Å². The molecule has 6 heteroatoms. The van der Waals surface area contributed by atoms with Gasteiger partial charge in [-0.1, -0.05) is 19.1 Å². The Kier molecular flexibility index (Phi) is 5.70. The summed E-state index contributed by atoms with van der Waals surface area (Å²) in [6.07, 6.45) is 0.600. The third-order valence-corrected chi connectivity index (χ3v) is 3.43. The fraction of sp³-hybridized carbons (Fsp3) is 0.556. The van der Waals surface area contributed by atoms with Gasteiger partial charge in [-0.2, -0.15) is 0 Å². The fourth-order valence-corrected chi connectivity index (χ4v) is 2.26. The summed E-state index contributed by atoms with van der Waals surface area (Å²) in [6.45, 7) is 7.73. The zero-order chi connectivity index (χ0) is 17.7. The number of nitrogens with one attached hydrogen (secondary N) is 1. The van der Waals surface area contributed by atoms with Crippen LogP contribution >= 0.6 is 0 Å². The van der Waals surface area contributed by atoms with Crippen molar-refractivity contribution >= 4 is 12.2 Å². The van der Waals surface area contributed by atoms with E-state index in [0.717, 1.165) is 18.4 Å². The maximum absolute atomic E-state index is 11.6. The van der Waals surface area contributed by atoms with Gasteiger partial charge in [0.25, 0.3) is 0 Å². The van der Waals surface area contributed by atoms with Gasteiger partial charge in [0.1, 0.15) is 11.4 Å². The first-order chi connectivity index (χ1) is 11.3. The van der Waals surface area contributed by atoms with Gasteiger partial charge in [0.2, 0.25) is 0 Å². The lowest BCUT2D eigenvalue weighted by Gasteiger charge is -2.18. The molecule has 0 spiro atoms. The second-order valence-corrected chi connectivity index (χ2v) is 6.86. The SMILES string of the molecule is CCCOC(=O)N[C@@H]1C[C@H]1c1ccc(OC(=O)OC(C)(C)C)cc1. The quantitative estimate of drug-likeness (QED) is 0.650. The van der Waals surface area contributed by atoms with Gasteiger partial charge in [-0.25, -0.2) is 9.59 Å². The van der Waals surface area contributed by atoms with Crippen LogP contribution < -0.4 is 10.1 Å². The average molecular weight is 335 g/mol. The lowest BCUT2D eigenvalue weighted by molar-refractivity contribution is 0.0206. The minimum Gasteiger partial charge on any atom is -0.450 e. The summed E-state index contributed by atoms with van der Waals surface area (Å²) in [5.74, 6) is 0.704. The van der Waals surface area contributed by atoms with Crippen molar-refractivity contribution < 1.29 is 23.8 Å². The van der Waals surface area contributed by atoms with Gasteiger partial charge in [-0.3, -0.25) is 0 Å². The van der Waals surface area contributed by atoms with Gasteiger partial charge in [0.05, 0.1) is 6.61 Å². The first-order valence-electron chi connectivity index (χ1n) is 8.22. The van der Waals surface area contributed by atoms with Crippen LogP contribution in [0.5, 0.6) is 5.75 Å². The minimum absolute atomic E-state index is 0.104. The molecule has 1 saturated carbocycles. The van der Waals surface area contributed by atoms with Crippen LogP contribution in [0.1, 0.15) is 52.0 Å². The van der Waals surface area contributed by atoms with E-state index in [4.69, 9.17) is 14.2 Å². The van der Waals surface area contributed by atoms with Gasteiger partial charge in [-0.05, 0) is 51.3 Å². The maximum Gasteiger partial charge on any atom is 0.514 e. The van der Waals surface area contributed by atoms with Crippen molar-refractivity contribution in [1.29, 1.82) is 0 Å². The molecule has 1 aromatic carbocycles. The van der Waals surface area contributed by atoms with Crippen molar-refractivity contribution in [2.75, 3.05) is 6.61 Å². The fourth-order valence-electron chi connectivity index (χ4n) is 2.26. The molecule has 6 nitrogen and oxygen atoms in total. The number of hydrogen-bond donors (Lipinski definition) is 1. The summed E-state index contributed by atoms with van der Waals surface area (Å²) >= 11 is 0. The number of ether oxygens (including phenoxy) is 3. The molecule has 1 aliphatic carbocycles. The summed E-state index contributed by atoms with van der Waals surface area (Å²) in [6, 6.07) is 7.34. The molecule has 1 N–H and O–H groups in total. The molecule has 1 aromatic rings. The molecule has 0 radical (unpaired) electrons. The van der Waals surface area contributed by atoms with Crippen molar-refractivity contribution in [3.8, 4) is 5.75 Å². The highest BCUT2D eigenvalue weighted by atomic mass is 16.7. The Morgan fingerprint density at radius 3 is 2.46 bits per heavy atom. The van der Waals surface area contributed by atoms with Crippen molar-refractivity contribution in [2.45, 2.75) is 58.1 Å². The summed E-state index contributed by atoms with van der Waals surface area (Å²) in [7, 11) is 0. The number of amides is 1. The molecule has 2 atom stereocenters. The van der Waals surface area contributed by atoms with Gasteiger partial charge in [-0.15, -0.1) is 0 Å². The first-order valence-corrected chi connectivity index (χ1v) is 8.22. The van der Waals surface area contributed by atoms with Gasteiger partial charge in [0, 0.05) is 12.0 Å². The highest BCUT2D eigenvalue weighted by Crippen LogP contribution is 2.41. The summed E-state index contributed by atoms with van der Waals surface area (Å²) in [4.78, 5) is 23.1. The molecule has 0 aliphatic heterocycles. The monoisotopic (exact) mass is 335 g/mol. The molecule has 0 unspecified atom stereocenters. The van der Waals surface area contributed by atoms with Crippen LogP contribution in [0.3, 0.4) is 0 Å². The molecule has 2 rings (SSSR count). The highest BCUT2D eigenvalue weighted by Gasteiger charge is 2.39. The Labute approximate surface area is 142 Å². The number of hydrogen-bond acceptors (Lipinski definition) is 5. The predicted molar refractivity (Wildman–Crippen MR) is 89.2 cm³/mol. The van der Waals surface area contributed by atoms with E-state index in [0.29, 0.717) is 12.4 Å². The van der Waals surface area contributed by atoms with Gasteiger partial charge in [0.15, 0.2) is 0 Å². The maximum atomic E-state index is 11.6. The van der Waals surface area contributed by atoms with E-state index in [-0.39, 0.29) is 18.1 Å². The van der Waals surface area contributed by atoms with E-state index < -0.39 is 11.8 Å². The largest absolute Gasteiger partial charge is 0.514 e. The van der Waals surface area contributed by atoms with Crippen LogP contribution in [0.25, 0.3) is 0 Å². The van der Waals surface area contributed by atoms with E-state index in [2.05, 4.69) is 5.32 Å². The smallest absolute Gasteiger partial charge is 0.450 e. The Balaban J connectivity index is 1.81. The Morgan fingerprint density at radius 1 is 1.21 bits per heavy atom. The topological polar surface area (TPSA) is 73.9 Å². The van der Waals surface area contributed by atoms with Crippen LogP contribution in [-0.4, -0.2) is 30.5 Å². The highest BCUT2D eigenvalue weighted by molar-refractivity contribution is 5.68. The van der Waals surface area contributed by atoms with Crippen LogP contribution in [0.4, 0.5) is 9.59 Å². The molecule has 1 aliphatic rings. The summed E-state index contributed by atoms with van der Waals surface area (Å²) in [5, 5.41) is 2.84. The molecule has 24 heavy (non-hydrogen) atoms. The van der Waals surface area contributed by atoms with Gasteiger partial charge < -0.3 is 19.5 Å². The summed E-state index contributed by atoms with van der Waals surface area (Å²) in [5.41, 5.74) is 0.503. The second kappa shape index (κ2) is 7.55. The molecule has 0 saturated heterocycles.